The highest BCUT2D eigenvalue weighted by Crippen LogP contribution is 2.46. The van der Waals surface area contributed by atoms with E-state index in [2.05, 4.69) is 350 Å². The van der Waals surface area contributed by atoms with E-state index >= 15 is 0 Å². The van der Waals surface area contributed by atoms with Crippen molar-refractivity contribution in [3.63, 3.8) is 0 Å². The van der Waals surface area contributed by atoms with Crippen LogP contribution in [0.4, 0.5) is 34.1 Å². The third kappa shape index (κ3) is 9.52. The van der Waals surface area contributed by atoms with Gasteiger partial charge in [0.25, 0.3) is 0 Å². The first-order valence-electron chi connectivity index (χ1n) is 28.9. The molecular formula is C82H56N2. The second kappa shape index (κ2) is 21.8. The van der Waals surface area contributed by atoms with E-state index in [1.54, 1.807) is 0 Å². The maximum atomic E-state index is 2.38. The second-order valence-corrected chi connectivity index (χ2v) is 21.7. The van der Waals surface area contributed by atoms with Crippen LogP contribution in [0.5, 0.6) is 0 Å². The van der Waals surface area contributed by atoms with E-state index in [1.807, 2.05) is 0 Å². The molecule has 394 valence electrons. The van der Waals surface area contributed by atoms with E-state index in [0.29, 0.717) is 0 Å². The number of fused-ring (bicyclic) bond motifs is 9. The Kier molecular flexibility index (Phi) is 12.9. The Labute approximate surface area is 490 Å². The molecule has 0 saturated carbocycles. The topological polar surface area (TPSA) is 6.48 Å². The predicted molar refractivity (Wildman–Crippen MR) is 362 cm³/mol. The molecule has 15 aromatic carbocycles. The quantitative estimate of drug-likeness (QED) is 0.0889. The fourth-order valence-corrected chi connectivity index (χ4v) is 12.5. The molecule has 0 N–H and O–H groups in total. The van der Waals surface area contributed by atoms with Gasteiger partial charge in [0.15, 0.2) is 0 Å². The van der Waals surface area contributed by atoms with Gasteiger partial charge >= 0.3 is 0 Å². The number of hydrogen-bond donors (Lipinski definition) is 0. The normalized spacial score (nSPS) is 11.7. The van der Waals surface area contributed by atoms with E-state index in [9.17, 15) is 0 Å². The van der Waals surface area contributed by atoms with Crippen LogP contribution >= 0.6 is 0 Å². The van der Waals surface area contributed by atoms with Gasteiger partial charge in [0.1, 0.15) is 0 Å². The molecule has 0 aliphatic rings. The summed E-state index contributed by atoms with van der Waals surface area (Å²) in [5.74, 6) is 0. The molecule has 0 unspecified atom stereocenters. The van der Waals surface area contributed by atoms with Crippen molar-refractivity contribution >= 4 is 123 Å². The lowest BCUT2D eigenvalue weighted by molar-refractivity contribution is 1.29. The molecule has 0 aromatic heterocycles. The zero-order chi connectivity index (χ0) is 55.8. The first-order valence-corrected chi connectivity index (χ1v) is 28.9. The van der Waals surface area contributed by atoms with Crippen LogP contribution in [-0.2, 0) is 0 Å². The number of rotatable bonds is 12. The van der Waals surface area contributed by atoms with E-state index in [1.165, 1.54) is 86.9 Å². The Morgan fingerprint density at radius 2 is 0.476 bits per heavy atom. The van der Waals surface area contributed by atoms with Crippen LogP contribution in [0.25, 0.3) is 111 Å². The molecule has 0 bridgehead atoms. The average molecular weight is 1070 g/mol. The lowest BCUT2D eigenvalue weighted by Crippen LogP contribution is -2.09. The largest absolute Gasteiger partial charge is 0.310 e. The van der Waals surface area contributed by atoms with Gasteiger partial charge in [-0.15, -0.1) is 0 Å². The van der Waals surface area contributed by atoms with Crippen molar-refractivity contribution in [2.24, 2.45) is 0 Å². The Balaban J connectivity index is 0.777. The van der Waals surface area contributed by atoms with Crippen molar-refractivity contribution in [2.75, 3.05) is 9.80 Å². The highest BCUT2D eigenvalue weighted by atomic mass is 15.1. The molecule has 0 saturated heterocycles. The fourth-order valence-electron chi connectivity index (χ4n) is 12.5. The summed E-state index contributed by atoms with van der Waals surface area (Å²) in [7, 11) is 0. The van der Waals surface area contributed by atoms with Gasteiger partial charge in [-0.3, -0.25) is 0 Å². The van der Waals surface area contributed by atoms with Gasteiger partial charge in [-0.1, -0.05) is 255 Å². The first-order chi connectivity index (χ1) is 41.6. The zero-order valence-electron chi connectivity index (χ0n) is 46.2. The molecule has 0 amide bonds. The third-order valence-corrected chi connectivity index (χ3v) is 16.5. The average Bonchev–Trinajstić information content (AvgIpc) is 1.30. The van der Waals surface area contributed by atoms with Crippen LogP contribution in [0.3, 0.4) is 0 Å². The Hall–Kier alpha value is -11.1. The van der Waals surface area contributed by atoms with Crippen LogP contribution in [0.15, 0.2) is 315 Å². The van der Waals surface area contributed by atoms with E-state index in [0.717, 1.165) is 56.4 Å². The molecule has 15 aromatic rings. The number of hydrogen-bond acceptors (Lipinski definition) is 2. The monoisotopic (exact) mass is 1070 g/mol. The van der Waals surface area contributed by atoms with Gasteiger partial charge in [-0.05, 0) is 194 Å². The Morgan fingerprint density at radius 3 is 0.893 bits per heavy atom. The molecule has 0 aliphatic heterocycles. The summed E-state index contributed by atoms with van der Waals surface area (Å²) < 4.78 is 0. The minimum Gasteiger partial charge on any atom is -0.310 e. The van der Waals surface area contributed by atoms with Crippen molar-refractivity contribution in [1.82, 2.24) is 0 Å². The van der Waals surface area contributed by atoms with E-state index < -0.39 is 0 Å². The molecule has 0 heterocycles. The van der Waals surface area contributed by atoms with Crippen LogP contribution < -0.4 is 9.80 Å². The van der Waals surface area contributed by atoms with Crippen LogP contribution in [0.2, 0.25) is 0 Å². The van der Waals surface area contributed by atoms with Crippen molar-refractivity contribution in [2.45, 2.75) is 0 Å². The van der Waals surface area contributed by atoms with Crippen LogP contribution in [0.1, 0.15) is 22.3 Å². The number of anilines is 6. The Morgan fingerprint density at radius 1 is 0.179 bits per heavy atom. The number of nitrogens with zero attached hydrogens (tertiary/aromatic N) is 2. The maximum Gasteiger partial charge on any atom is 0.0468 e. The smallest absolute Gasteiger partial charge is 0.0468 e. The molecule has 0 aliphatic carbocycles. The number of benzene rings is 15. The summed E-state index contributed by atoms with van der Waals surface area (Å²) in [4.78, 5) is 4.69. The standard InChI is InChI=1S/C82H56N2/c1-5-19-63(20-6-1)81-77-49-37-59(31-29-57-33-43-69(44-34-57)83(67-23-9-3-10-24-67)71-47-51-75-65(55-71)41-39-61-17-13-15-27-73(61)75)53-79(77)80-54-60(38-50-78(80)82(81)64-21-7-2-8-22-64)32-30-58-35-45-70(46-36-58)84(68-25-11-4-12-26-68)72-48-52-76-66(56-72)42-40-62-18-14-16-28-74(62)76/h1-56H/b31-29+,32-30+. The molecular weight excluding hydrogens is 1010 g/mol. The molecule has 2 nitrogen and oxygen atoms in total. The predicted octanol–water partition coefficient (Wildman–Crippen LogP) is 23.2. The fraction of sp³-hybridized carbons (Fsp3) is 0. The summed E-state index contributed by atoms with van der Waals surface area (Å²) in [5.41, 5.74) is 16.0. The molecule has 84 heavy (non-hydrogen) atoms. The molecule has 0 fully saturated rings. The van der Waals surface area contributed by atoms with Crippen molar-refractivity contribution in [3.05, 3.63) is 338 Å². The summed E-state index contributed by atoms with van der Waals surface area (Å²) in [6.45, 7) is 0. The van der Waals surface area contributed by atoms with Crippen molar-refractivity contribution in [3.8, 4) is 22.3 Å². The van der Waals surface area contributed by atoms with Crippen molar-refractivity contribution < 1.29 is 0 Å². The molecule has 0 atom stereocenters. The van der Waals surface area contributed by atoms with Gasteiger partial charge in [0.05, 0.1) is 0 Å². The van der Waals surface area contributed by atoms with Crippen LogP contribution in [-0.4, -0.2) is 0 Å². The van der Waals surface area contributed by atoms with Gasteiger partial charge in [-0.25, -0.2) is 0 Å². The summed E-state index contributed by atoms with van der Waals surface area (Å²) in [6, 6.07) is 115. The first kappa shape index (κ1) is 49.9. The SMILES string of the molecule is C(=C\c1ccc2c(-c3ccccc3)c(-c3ccccc3)c3ccc(/C=C/c4ccc(N(c5ccccc5)c5ccc6c(ccc7ccccc76)c5)cc4)cc3c2c1)/c1ccc(N(c2ccccc2)c2ccc3c(ccc4ccccc43)c2)cc1. The molecule has 15 rings (SSSR count). The maximum absolute atomic E-state index is 2.38. The lowest BCUT2D eigenvalue weighted by atomic mass is 9.84. The third-order valence-electron chi connectivity index (χ3n) is 16.5. The van der Waals surface area contributed by atoms with Gasteiger partial charge in [0, 0.05) is 34.1 Å². The molecule has 2 heteroatoms. The highest BCUT2D eigenvalue weighted by molar-refractivity contribution is 6.22. The summed E-state index contributed by atoms with van der Waals surface area (Å²) in [6.07, 6.45) is 8.98. The zero-order valence-corrected chi connectivity index (χ0v) is 46.2. The minimum absolute atomic E-state index is 1.10. The van der Waals surface area contributed by atoms with Gasteiger partial charge in [0.2, 0.25) is 0 Å². The summed E-state index contributed by atoms with van der Waals surface area (Å²) in [5, 5.41) is 14.9. The highest BCUT2D eigenvalue weighted by Gasteiger charge is 2.20. The van der Waals surface area contributed by atoms with Crippen molar-refractivity contribution in [1.29, 1.82) is 0 Å². The molecule has 0 radical (unpaired) electrons. The number of para-hydroxylation sites is 2. The van der Waals surface area contributed by atoms with E-state index in [4.69, 9.17) is 0 Å². The van der Waals surface area contributed by atoms with Gasteiger partial charge in [-0.2, -0.15) is 0 Å². The summed E-state index contributed by atoms with van der Waals surface area (Å²) >= 11 is 0. The Bertz CT molecular complexity index is 4650. The molecule has 0 spiro atoms. The lowest BCUT2D eigenvalue weighted by Gasteiger charge is -2.26. The minimum atomic E-state index is 1.10. The van der Waals surface area contributed by atoms with Crippen LogP contribution in [0, 0.1) is 0 Å². The van der Waals surface area contributed by atoms with Gasteiger partial charge < -0.3 is 9.80 Å². The second-order valence-electron chi connectivity index (χ2n) is 21.7. The van der Waals surface area contributed by atoms with E-state index in [-0.39, 0.29) is 0 Å².